The summed E-state index contributed by atoms with van der Waals surface area (Å²) in [5.74, 6) is 1.14. The average Bonchev–Trinajstić information content (AvgIpc) is 2.76. The summed E-state index contributed by atoms with van der Waals surface area (Å²) in [6, 6.07) is 16.7. The molecular formula is C22H25N5O3. The summed E-state index contributed by atoms with van der Waals surface area (Å²) < 4.78 is 5.66. The number of nitrogens with zero attached hydrogens (tertiary/aromatic N) is 4. The molecule has 156 valence electrons. The highest BCUT2D eigenvalue weighted by atomic mass is 16.6. The molecular weight excluding hydrogens is 382 g/mol. The SMILES string of the molecule is CCCCOc1ccc(Nc2ncnc(N(CC)c3ccccc3)c2[N+](=O)[O-])cc1. The molecule has 1 heterocycles. The van der Waals surface area contributed by atoms with Crippen LogP contribution in [-0.2, 0) is 0 Å². The molecule has 0 amide bonds. The molecule has 2 aromatic carbocycles. The second-order valence-corrected chi connectivity index (χ2v) is 6.58. The fourth-order valence-corrected chi connectivity index (χ4v) is 2.99. The molecule has 1 aromatic heterocycles. The topological polar surface area (TPSA) is 93.4 Å². The minimum absolute atomic E-state index is 0.138. The molecule has 3 rings (SSSR count). The lowest BCUT2D eigenvalue weighted by Gasteiger charge is -2.22. The van der Waals surface area contributed by atoms with Gasteiger partial charge in [0.15, 0.2) is 0 Å². The zero-order valence-corrected chi connectivity index (χ0v) is 17.1. The summed E-state index contributed by atoms with van der Waals surface area (Å²) in [6.45, 7) is 5.21. The molecule has 0 radical (unpaired) electrons. The van der Waals surface area contributed by atoms with Crippen molar-refractivity contribution in [2.75, 3.05) is 23.4 Å². The maximum Gasteiger partial charge on any atom is 0.354 e. The Balaban J connectivity index is 1.89. The number of hydrogen-bond donors (Lipinski definition) is 1. The Labute approximate surface area is 175 Å². The smallest absolute Gasteiger partial charge is 0.354 e. The van der Waals surface area contributed by atoms with Gasteiger partial charge in [-0.1, -0.05) is 31.5 Å². The van der Waals surface area contributed by atoms with Crippen molar-refractivity contribution in [1.82, 2.24) is 9.97 Å². The second kappa shape index (κ2) is 10.2. The van der Waals surface area contributed by atoms with Crippen LogP contribution >= 0.6 is 0 Å². The first kappa shape index (κ1) is 21.0. The lowest BCUT2D eigenvalue weighted by Crippen LogP contribution is -2.19. The number of unbranched alkanes of at least 4 members (excludes halogenated alkanes) is 1. The van der Waals surface area contributed by atoms with E-state index in [0.717, 1.165) is 24.3 Å². The standard InChI is InChI=1S/C22H25N5O3/c1-3-5-15-30-19-13-11-17(12-14-19)25-21-20(27(28)29)22(24-16-23-21)26(4-2)18-9-7-6-8-10-18/h6-14,16H,3-5,15H2,1-2H3,(H,23,24,25). The molecule has 30 heavy (non-hydrogen) atoms. The lowest BCUT2D eigenvalue weighted by atomic mass is 10.2. The third-order valence-corrected chi connectivity index (χ3v) is 4.51. The summed E-state index contributed by atoms with van der Waals surface area (Å²) >= 11 is 0. The second-order valence-electron chi connectivity index (χ2n) is 6.58. The van der Waals surface area contributed by atoms with Crippen LogP contribution < -0.4 is 15.0 Å². The number of nitro groups is 1. The number of rotatable bonds is 10. The summed E-state index contributed by atoms with van der Waals surface area (Å²) in [6.07, 6.45) is 3.39. The number of ether oxygens (including phenoxy) is 1. The van der Waals surface area contributed by atoms with Crippen LogP contribution in [0.3, 0.4) is 0 Å². The van der Waals surface area contributed by atoms with Gasteiger partial charge in [-0.25, -0.2) is 9.97 Å². The van der Waals surface area contributed by atoms with Gasteiger partial charge in [0, 0.05) is 17.9 Å². The van der Waals surface area contributed by atoms with E-state index in [4.69, 9.17) is 4.74 Å². The number of hydrogen-bond acceptors (Lipinski definition) is 7. The van der Waals surface area contributed by atoms with E-state index in [-0.39, 0.29) is 17.3 Å². The molecule has 1 N–H and O–H groups in total. The van der Waals surface area contributed by atoms with Gasteiger partial charge in [-0.3, -0.25) is 10.1 Å². The van der Waals surface area contributed by atoms with Crippen LogP contribution in [0, 0.1) is 10.1 Å². The normalized spacial score (nSPS) is 10.5. The molecule has 8 nitrogen and oxygen atoms in total. The van der Waals surface area contributed by atoms with Crippen molar-refractivity contribution in [1.29, 1.82) is 0 Å². The minimum Gasteiger partial charge on any atom is -0.494 e. The predicted octanol–water partition coefficient (Wildman–Crippen LogP) is 5.47. The van der Waals surface area contributed by atoms with Gasteiger partial charge in [-0.2, -0.15) is 0 Å². The molecule has 0 spiro atoms. The van der Waals surface area contributed by atoms with Crippen LogP contribution in [0.5, 0.6) is 5.75 Å². The Hall–Kier alpha value is -3.68. The van der Waals surface area contributed by atoms with Crippen molar-refractivity contribution in [3.63, 3.8) is 0 Å². The predicted molar refractivity (Wildman–Crippen MR) is 118 cm³/mol. The zero-order chi connectivity index (χ0) is 21.3. The van der Waals surface area contributed by atoms with Crippen LogP contribution in [0.4, 0.5) is 28.7 Å². The van der Waals surface area contributed by atoms with Crippen molar-refractivity contribution < 1.29 is 9.66 Å². The molecule has 0 aliphatic heterocycles. The average molecular weight is 407 g/mol. The summed E-state index contributed by atoms with van der Waals surface area (Å²) in [5, 5.41) is 15.0. The lowest BCUT2D eigenvalue weighted by molar-refractivity contribution is -0.383. The van der Waals surface area contributed by atoms with E-state index < -0.39 is 4.92 Å². The van der Waals surface area contributed by atoms with Crippen LogP contribution in [0.15, 0.2) is 60.9 Å². The van der Waals surface area contributed by atoms with Gasteiger partial charge in [0.2, 0.25) is 11.6 Å². The van der Waals surface area contributed by atoms with Gasteiger partial charge in [0.25, 0.3) is 0 Å². The number of para-hydroxylation sites is 1. The van der Waals surface area contributed by atoms with Crippen molar-refractivity contribution in [3.05, 3.63) is 71.0 Å². The Kier molecular flexibility index (Phi) is 7.15. The maximum absolute atomic E-state index is 11.9. The monoisotopic (exact) mass is 407 g/mol. The molecule has 0 saturated carbocycles. The first-order chi connectivity index (χ1) is 14.6. The Bertz CT molecular complexity index is 964. The van der Waals surface area contributed by atoms with Crippen molar-refractivity contribution in [3.8, 4) is 5.75 Å². The molecule has 0 unspecified atom stereocenters. The van der Waals surface area contributed by atoms with Gasteiger partial charge in [-0.15, -0.1) is 0 Å². The van der Waals surface area contributed by atoms with E-state index in [0.29, 0.717) is 18.8 Å². The first-order valence-electron chi connectivity index (χ1n) is 9.95. The van der Waals surface area contributed by atoms with Crippen LogP contribution in [0.2, 0.25) is 0 Å². The Morgan fingerprint density at radius 1 is 1.07 bits per heavy atom. The number of aromatic nitrogens is 2. The highest BCUT2D eigenvalue weighted by Crippen LogP contribution is 2.36. The van der Waals surface area contributed by atoms with Crippen LogP contribution in [-0.4, -0.2) is 28.0 Å². The highest BCUT2D eigenvalue weighted by molar-refractivity contribution is 5.78. The third-order valence-electron chi connectivity index (χ3n) is 4.51. The number of nitrogens with one attached hydrogen (secondary N) is 1. The first-order valence-corrected chi connectivity index (χ1v) is 9.95. The third kappa shape index (κ3) is 5.02. The summed E-state index contributed by atoms with van der Waals surface area (Å²) in [7, 11) is 0. The fourth-order valence-electron chi connectivity index (χ4n) is 2.99. The van der Waals surface area contributed by atoms with E-state index in [1.54, 1.807) is 4.90 Å². The highest BCUT2D eigenvalue weighted by Gasteiger charge is 2.27. The van der Waals surface area contributed by atoms with Crippen LogP contribution in [0.25, 0.3) is 0 Å². The number of anilines is 4. The van der Waals surface area contributed by atoms with E-state index in [1.165, 1.54) is 6.33 Å². The van der Waals surface area contributed by atoms with E-state index in [9.17, 15) is 10.1 Å². The largest absolute Gasteiger partial charge is 0.494 e. The molecule has 0 saturated heterocycles. The summed E-state index contributed by atoms with van der Waals surface area (Å²) in [5.41, 5.74) is 1.32. The molecule has 0 bridgehead atoms. The Morgan fingerprint density at radius 3 is 2.43 bits per heavy atom. The van der Waals surface area contributed by atoms with Gasteiger partial charge < -0.3 is 15.0 Å². The fraction of sp³-hybridized carbons (Fsp3) is 0.273. The van der Waals surface area contributed by atoms with E-state index >= 15 is 0 Å². The van der Waals surface area contributed by atoms with Crippen molar-refractivity contribution >= 4 is 28.7 Å². The van der Waals surface area contributed by atoms with Gasteiger partial charge in [-0.05, 0) is 49.7 Å². The molecule has 0 aliphatic rings. The molecule has 0 fully saturated rings. The van der Waals surface area contributed by atoms with Gasteiger partial charge in [0.05, 0.1) is 11.5 Å². The summed E-state index contributed by atoms with van der Waals surface area (Å²) in [4.78, 5) is 21.6. The van der Waals surface area contributed by atoms with Crippen molar-refractivity contribution in [2.45, 2.75) is 26.7 Å². The quantitative estimate of drug-likeness (QED) is 0.271. The Morgan fingerprint density at radius 2 is 1.80 bits per heavy atom. The molecule has 0 aliphatic carbocycles. The van der Waals surface area contributed by atoms with Gasteiger partial charge >= 0.3 is 5.69 Å². The molecule has 3 aromatic rings. The van der Waals surface area contributed by atoms with Crippen LogP contribution in [0.1, 0.15) is 26.7 Å². The molecule has 8 heteroatoms. The maximum atomic E-state index is 11.9. The van der Waals surface area contributed by atoms with Crippen molar-refractivity contribution in [2.24, 2.45) is 0 Å². The zero-order valence-electron chi connectivity index (χ0n) is 17.1. The minimum atomic E-state index is -0.453. The van der Waals surface area contributed by atoms with Gasteiger partial charge in [0.1, 0.15) is 12.1 Å². The van der Waals surface area contributed by atoms with E-state index in [2.05, 4.69) is 22.2 Å². The van der Waals surface area contributed by atoms with E-state index in [1.807, 2.05) is 61.5 Å². The number of benzene rings is 2. The molecule has 0 atom stereocenters.